The second-order valence-electron chi connectivity index (χ2n) is 5.28. The van der Waals surface area contributed by atoms with Gasteiger partial charge in [0.15, 0.2) is 0 Å². The van der Waals surface area contributed by atoms with Crippen LogP contribution in [0, 0.1) is 0 Å². The van der Waals surface area contributed by atoms with E-state index in [0.717, 1.165) is 27.7 Å². The molecule has 0 aliphatic carbocycles. The summed E-state index contributed by atoms with van der Waals surface area (Å²) in [5.41, 5.74) is 2.96. The lowest BCUT2D eigenvalue weighted by Crippen LogP contribution is -2.19. The van der Waals surface area contributed by atoms with Crippen LogP contribution in [0.3, 0.4) is 0 Å². The highest BCUT2D eigenvalue weighted by Crippen LogP contribution is 2.34. The molecule has 6 heteroatoms. The van der Waals surface area contributed by atoms with Gasteiger partial charge >= 0.3 is 5.97 Å². The Bertz CT molecular complexity index is 771. The van der Waals surface area contributed by atoms with Crippen molar-refractivity contribution in [1.29, 1.82) is 0 Å². The van der Waals surface area contributed by atoms with E-state index >= 15 is 0 Å². The van der Waals surface area contributed by atoms with Crippen molar-refractivity contribution >= 4 is 33.5 Å². The summed E-state index contributed by atoms with van der Waals surface area (Å²) in [5.74, 6) is -0.311. The number of amides is 1. The highest BCUT2D eigenvalue weighted by Gasteiger charge is 2.17. The molecule has 0 atom stereocenters. The van der Waals surface area contributed by atoms with Gasteiger partial charge in [-0.2, -0.15) is 0 Å². The zero-order valence-corrected chi connectivity index (χ0v) is 13.7. The number of rotatable bonds is 4. The molecule has 3 rings (SSSR count). The first-order valence-electron chi connectivity index (χ1n) is 7.10. The number of nitrogens with one attached hydrogen (secondary N) is 1. The van der Waals surface area contributed by atoms with Crippen molar-refractivity contribution in [3.63, 3.8) is 0 Å². The second kappa shape index (κ2) is 6.42. The summed E-state index contributed by atoms with van der Waals surface area (Å²) in [6.07, 6.45) is 1.21. The van der Waals surface area contributed by atoms with Gasteiger partial charge in [0.25, 0.3) is 0 Å². The summed E-state index contributed by atoms with van der Waals surface area (Å²) in [5, 5.41) is 11.7. The van der Waals surface area contributed by atoms with Gasteiger partial charge in [0.2, 0.25) is 5.91 Å². The van der Waals surface area contributed by atoms with E-state index in [1.165, 1.54) is 0 Å². The number of hydrogen-bond donors (Lipinski definition) is 2. The number of carbonyl (C=O) groups excluding carboxylic acids is 1. The SMILES string of the molecule is O=C1CCc2cc(Br)c(OCc3ccc(C(=O)O)cc3)cc2N1. The van der Waals surface area contributed by atoms with Gasteiger partial charge in [-0.05, 0) is 51.7 Å². The number of halogens is 1. The standard InChI is InChI=1S/C17H14BrNO4/c18-13-7-12-5-6-16(20)19-14(12)8-15(13)23-9-10-1-3-11(4-2-10)17(21)22/h1-4,7-8H,5-6,9H2,(H,19,20)(H,21,22). The zero-order chi connectivity index (χ0) is 16.4. The molecular formula is C17H14BrNO4. The van der Waals surface area contributed by atoms with Gasteiger partial charge in [0.05, 0.1) is 10.0 Å². The summed E-state index contributed by atoms with van der Waals surface area (Å²) in [6, 6.07) is 10.3. The number of carboxylic acids is 1. The number of ether oxygens (including phenoxy) is 1. The average Bonchev–Trinajstić information content (AvgIpc) is 2.53. The quantitative estimate of drug-likeness (QED) is 0.855. The van der Waals surface area contributed by atoms with Gasteiger partial charge in [-0.3, -0.25) is 4.79 Å². The first kappa shape index (κ1) is 15.6. The monoisotopic (exact) mass is 375 g/mol. The molecule has 1 aliphatic rings. The predicted octanol–water partition coefficient (Wildman–Crippen LogP) is 3.61. The van der Waals surface area contributed by atoms with E-state index in [0.29, 0.717) is 18.8 Å². The lowest BCUT2D eigenvalue weighted by molar-refractivity contribution is -0.116. The van der Waals surface area contributed by atoms with Crippen molar-refractivity contribution in [3.8, 4) is 5.75 Å². The minimum absolute atomic E-state index is 0.00929. The largest absolute Gasteiger partial charge is 0.488 e. The van der Waals surface area contributed by atoms with Crippen LogP contribution in [0.2, 0.25) is 0 Å². The molecule has 0 spiro atoms. The van der Waals surface area contributed by atoms with Crippen LogP contribution < -0.4 is 10.1 Å². The molecule has 0 fully saturated rings. The normalized spacial score (nSPS) is 13.2. The van der Waals surface area contributed by atoms with Crippen LogP contribution >= 0.6 is 15.9 Å². The van der Waals surface area contributed by atoms with Crippen molar-refractivity contribution in [1.82, 2.24) is 0 Å². The third kappa shape index (κ3) is 3.53. The number of aromatic carboxylic acids is 1. The molecule has 0 radical (unpaired) electrons. The van der Waals surface area contributed by atoms with Gasteiger partial charge in [0.1, 0.15) is 12.4 Å². The number of fused-ring (bicyclic) bond motifs is 1. The Morgan fingerprint density at radius 1 is 1.22 bits per heavy atom. The van der Waals surface area contributed by atoms with Crippen molar-refractivity contribution in [2.75, 3.05) is 5.32 Å². The number of carbonyl (C=O) groups is 2. The van der Waals surface area contributed by atoms with Gasteiger partial charge in [0, 0.05) is 18.2 Å². The van der Waals surface area contributed by atoms with E-state index in [-0.39, 0.29) is 11.5 Å². The molecule has 23 heavy (non-hydrogen) atoms. The summed E-state index contributed by atoms with van der Waals surface area (Å²) >= 11 is 3.48. The van der Waals surface area contributed by atoms with E-state index in [9.17, 15) is 9.59 Å². The Morgan fingerprint density at radius 2 is 1.96 bits per heavy atom. The molecule has 0 unspecified atom stereocenters. The molecular weight excluding hydrogens is 362 g/mol. The fourth-order valence-electron chi connectivity index (χ4n) is 2.39. The van der Waals surface area contributed by atoms with Crippen LogP contribution in [0.25, 0.3) is 0 Å². The Hall–Kier alpha value is -2.34. The van der Waals surface area contributed by atoms with Crippen LogP contribution in [0.15, 0.2) is 40.9 Å². The van der Waals surface area contributed by atoms with Crippen molar-refractivity contribution < 1.29 is 19.4 Å². The van der Waals surface area contributed by atoms with Crippen LogP contribution in [-0.4, -0.2) is 17.0 Å². The maximum Gasteiger partial charge on any atom is 0.335 e. The van der Waals surface area contributed by atoms with E-state index in [4.69, 9.17) is 9.84 Å². The van der Waals surface area contributed by atoms with E-state index in [2.05, 4.69) is 21.2 Å². The smallest absolute Gasteiger partial charge is 0.335 e. The molecule has 0 saturated carbocycles. The summed E-state index contributed by atoms with van der Waals surface area (Å²) < 4.78 is 6.61. The lowest BCUT2D eigenvalue weighted by atomic mass is 10.0. The van der Waals surface area contributed by atoms with Gasteiger partial charge in [-0.25, -0.2) is 4.79 Å². The number of benzene rings is 2. The minimum Gasteiger partial charge on any atom is -0.488 e. The van der Waals surface area contributed by atoms with Crippen LogP contribution in [0.5, 0.6) is 5.75 Å². The molecule has 1 aliphatic heterocycles. The van der Waals surface area contributed by atoms with Gasteiger partial charge < -0.3 is 15.2 Å². The Kier molecular flexibility index (Phi) is 4.34. The molecule has 2 N–H and O–H groups in total. The molecule has 0 saturated heterocycles. The Balaban J connectivity index is 1.74. The molecule has 0 bridgehead atoms. The van der Waals surface area contributed by atoms with Crippen LogP contribution in [0.1, 0.15) is 27.9 Å². The first-order valence-corrected chi connectivity index (χ1v) is 7.89. The van der Waals surface area contributed by atoms with E-state index in [1.807, 2.05) is 12.1 Å². The fraction of sp³-hybridized carbons (Fsp3) is 0.176. The second-order valence-corrected chi connectivity index (χ2v) is 6.13. The van der Waals surface area contributed by atoms with Gasteiger partial charge in [-0.1, -0.05) is 12.1 Å². The topological polar surface area (TPSA) is 75.6 Å². The maximum atomic E-state index is 11.5. The summed E-state index contributed by atoms with van der Waals surface area (Å²) in [7, 11) is 0. The average molecular weight is 376 g/mol. The summed E-state index contributed by atoms with van der Waals surface area (Å²) in [4.78, 5) is 22.3. The first-order chi connectivity index (χ1) is 11.0. The highest BCUT2D eigenvalue weighted by molar-refractivity contribution is 9.10. The van der Waals surface area contributed by atoms with Crippen molar-refractivity contribution in [2.45, 2.75) is 19.4 Å². The molecule has 2 aromatic rings. The van der Waals surface area contributed by atoms with E-state index in [1.54, 1.807) is 24.3 Å². The van der Waals surface area contributed by atoms with Gasteiger partial charge in [-0.15, -0.1) is 0 Å². The highest BCUT2D eigenvalue weighted by atomic mass is 79.9. The number of aryl methyl sites for hydroxylation is 1. The number of anilines is 1. The lowest BCUT2D eigenvalue weighted by Gasteiger charge is -2.19. The minimum atomic E-state index is -0.953. The van der Waals surface area contributed by atoms with Crippen molar-refractivity contribution in [2.24, 2.45) is 0 Å². The molecule has 118 valence electrons. The Morgan fingerprint density at radius 3 is 2.65 bits per heavy atom. The molecule has 5 nitrogen and oxygen atoms in total. The molecule has 2 aromatic carbocycles. The Labute approximate surface area is 141 Å². The number of hydrogen-bond acceptors (Lipinski definition) is 3. The third-order valence-corrected chi connectivity index (χ3v) is 4.27. The molecule has 0 aromatic heterocycles. The third-order valence-electron chi connectivity index (χ3n) is 3.65. The van der Waals surface area contributed by atoms with E-state index < -0.39 is 5.97 Å². The summed E-state index contributed by atoms with van der Waals surface area (Å²) in [6.45, 7) is 0.311. The number of carboxylic acid groups (broad SMARTS) is 1. The maximum absolute atomic E-state index is 11.5. The van der Waals surface area contributed by atoms with Crippen LogP contribution in [-0.2, 0) is 17.8 Å². The predicted molar refractivity (Wildman–Crippen MR) is 88.8 cm³/mol. The van der Waals surface area contributed by atoms with Crippen LogP contribution in [0.4, 0.5) is 5.69 Å². The molecule has 1 heterocycles. The van der Waals surface area contributed by atoms with Crippen molar-refractivity contribution in [3.05, 3.63) is 57.6 Å². The zero-order valence-electron chi connectivity index (χ0n) is 12.1. The molecule has 1 amide bonds. The fourth-order valence-corrected chi connectivity index (χ4v) is 2.90.